The summed E-state index contributed by atoms with van der Waals surface area (Å²) in [7, 11) is -1.16. The second kappa shape index (κ2) is 6.08. The monoisotopic (exact) mass is 297 g/mol. The van der Waals surface area contributed by atoms with Gasteiger partial charge < -0.3 is 4.74 Å². The average molecular weight is 298 g/mol. The van der Waals surface area contributed by atoms with Crippen LogP contribution in [-0.4, -0.2) is 24.6 Å². The summed E-state index contributed by atoms with van der Waals surface area (Å²) in [6, 6.07) is 4.87. The first-order valence-corrected chi connectivity index (χ1v) is 7.18. The Morgan fingerprint density at radius 1 is 1.26 bits per heavy atom. The molecule has 0 aromatic carbocycles. The van der Waals surface area contributed by atoms with Crippen molar-refractivity contribution < 1.29 is 8.95 Å². The Bertz CT molecular complexity index is 590. The van der Waals surface area contributed by atoms with E-state index < -0.39 is 10.8 Å². The van der Waals surface area contributed by atoms with E-state index in [0.717, 1.165) is 0 Å². The van der Waals surface area contributed by atoms with Gasteiger partial charge in [-0.2, -0.15) is 0 Å². The number of hydrogen-bond acceptors (Lipinski definition) is 5. The van der Waals surface area contributed by atoms with E-state index in [1.54, 1.807) is 18.2 Å². The molecular weight excluding hydrogens is 286 g/mol. The fourth-order valence-electron chi connectivity index (χ4n) is 1.28. The zero-order valence-electron chi connectivity index (χ0n) is 10.4. The number of aromatic nitrogens is 3. The SMILES string of the molecule is CC(C)S(=O)c1ccc(Oc2cncc(Cl)c2)nn1. The van der Waals surface area contributed by atoms with E-state index in [0.29, 0.717) is 21.7 Å². The van der Waals surface area contributed by atoms with Crippen LogP contribution < -0.4 is 4.74 Å². The molecule has 19 heavy (non-hydrogen) atoms. The summed E-state index contributed by atoms with van der Waals surface area (Å²) >= 11 is 5.79. The summed E-state index contributed by atoms with van der Waals surface area (Å²) < 4.78 is 17.2. The van der Waals surface area contributed by atoms with Gasteiger partial charge in [0.1, 0.15) is 10.8 Å². The van der Waals surface area contributed by atoms with Gasteiger partial charge in [0.25, 0.3) is 0 Å². The zero-order valence-corrected chi connectivity index (χ0v) is 12.0. The predicted molar refractivity (Wildman–Crippen MR) is 72.9 cm³/mol. The largest absolute Gasteiger partial charge is 0.436 e. The molecule has 0 spiro atoms. The molecule has 0 fully saturated rings. The van der Waals surface area contributed by atoms with Crippen LogP contribution in [0.15, 0.2) is 35.6 Å². The number of hydrogen-bond donors (Lipinski definition) is 0. The summed E-state index contributed by atoms with van der Waals surface area (Å²) in [6.45, 7) is 3.72. The molecule has 2 heterocycles. The summed E-state index contributed by atoms with van der Waals surface area (Å²) in [5, 5.41) is 8.67. The maximum Gasteiger partial charge on any atom is 0.238 e. The van der Waals surface area contributed by atoms with Crippen LogP contribution in [0.4, 0.5) is 0 Å². The van der Waals surface area contributed by atoms with Gasteiger partial charge in [-0.3, -0.25) is 9.19 Å². The molecule has 2 aromatic heterocycles. The molecule has 0 aliphatic rings. The van der Waals surface area contributed by atoms with Gasteiger partial charge in [0.2, 0.25) is 5.88 Å². The van der Waals surface area contributed by atoms with E-state index in [-0.39, 0.29) is 5.25 Å². The number of rotatable bonds is 4. The summed E-state index contributed by atoms with van der Waals surface area (Å²) in [5.41, 5.74) is 0. The minimum Gasteiger partial charge on any atom is -0.436 e. The fourth-order valence-corrected chi connectivity index (χ4v) is 2.25. The fraction of sp³-hybridized carbons (Fsp3) is 0.250. The highest BCUT2D eigenvalue weighted by molar-refractivity contribution is 7.85. The third kappa shape index (κ3) is 3.71. The van der Waals surface area contributed by atoms with Gasteiger partial charge in [-0.15, -0.1) is 10.2 Å². The van der Waals surface area contributed by atoms with Crippen LogP contribution in [0.25, 0.3) is 0 Å². The first-order chi connectivity index (χ1) is 9.06. The van der Waals surface area contributed by atoms with E-state index >= 15 is 0 Å². The molecule has 0 aliphatic carbocycles. The van der Waals surface area contributed by atoms with Gasteiger partial charge in [-0.1, -0.05) is 25.4 Å². The van der Waals surface area contributed by atoms with Crippen molar-refractivity contribution >= 4 is 22.4 Å². The van der Waals surface area contributed by atoms with E-state index in [1.807, 2.05) is 13.8 Å². The van der Waals surface area contributed by atoms with Crippen LogP contribution in [0.2, 0.25) is 5.02 Å². The topological polar surface area (TPSA) is 65.0 Å². The van der Waals surface area contributed by atoms with E-state index in [4.69, 9.17) is 16.3 Å². The Kier molecular flexibility index (Phi) is 4.44. The maximum atomic E-state index is 11.8. The molecule has 0 saturated carbocycles. The number of nitrogens with zero attached hydrogens (tertiary/aromatic N) is 3. The van der Waals surface area contributed by atoms with Crippen LogP contribution in [0.5, 0.6) is 11.6 Å². The van der Waals surface area contributed by atoms with Gasteiger partial charge in [0, 0.05) is 23.6 Å². The molecular formula is C12H12ClN3O2S. The lowest BCUT2D eigenvalue weighted by Gasteiger charge is -2.06. The summed E-state index contributed by atoms with van der Waals surface area (Å²) in [4.78, 5) is 3.90. The predicted octanol–water partition coefficient (Wildman–Crippen LogP) is 2.83. The molecule has 0 bridgehead atoms. The maximum absolute atomic E-state index is 11.8. The summed E-state index contributed by atoms with van der Waals surface area (Å²) in [5.74, 6) is 0.771. The van der Waals surface area contributed by atoms with Gasteiger partial charge in [0.15, 0.2) is 0 Å². The molecule has 0 radical (unpaired) electrons. The Morgan fingerprint density at radius 3 is 2.63 bits per heavy atom. The van der Waals surface area contributed by atoms with Crippen molar-refractivity contribution in [2.24, 2.45) is 0 Å². The lowest BCUT2D eigenvalue weighted by Crippen LogP contribution is -2.08. The van der Waals surface area contributed by atoms with E-state index in [2.05, 4.69) is 15.2 Å². The zero-order chi connectivity index (χ0) is 13.8. The van der Waals surface area contributed by atoms with Crippen LogP contribution >= 0.6 is 11.6 Å². The standard InChI is InChI=1S/C12H12ClN3O2S/c1-8(2)19(17)12-4-3-11(15-16-12)18-10-5-9(13)6-14-7-10/h3-8H,1-2H3. The molecule has 0 amide bonds. The number of ether oxygens (including phenoxy) is 1. The summed E-state index contributed by atoms with van der Waals surface area (Å²) in [6.07, 6.45) is 3.03. The van der Waals surface area contributed by atoms with Crippen molar-refractivity contribution in [3.8, 4) is 11.6 Å². The van der Waals surface area contributed by atoms with Crippen molar-refractivity contribution in [3.63, 3.8) is 0 Å². The molecule has 1 unspecified atom stereocenters. The molecule has 0 saturated heterocycles. The van der Waals surface area contributed by atoms with Gasteiger partial charge >= 0.3 is 0 Å². The molecule has 7 heteroatoms. The van der Waals surface area contributed by atoms with Crippen LogP contribution in [-0.2, 0) is 10.8 Å². The Balaban J connectivity index is 2.13. The molecule has 2 rings (SSSR count). The molecule has 0 aliphatic heterocycles. The average Bonchev–Trinajstić information content (AvgIpc) is 2.39. The Labute approximate surface area is 118 Å². The molecule has 0 N–H and O–H groups in total. The van der Waals surface area contributed by atoms with Gasteiger partial charge in [0.05, 0.1) is 22.0 Å². The van der Waals surface area contributed by atoms with Crippen molar-refractivity contribution in [1.29, 1.82) is 0 Å². The quantitative estimate of drug-likeness (QED) is 0.868. The third-order valence-corrected chi connectivity index (χ3v) is 3.85. The second-order valence-electron chi connectivity index (χ2n) is 4.00. The van der Waals surface area contributed by atoms with Crippen molar-refractivity contribution in [2.45, 2.75) is 24.1 Å². The highest BCUT2D eigenvalue weighted by Gasteiger charge is 2.11. The van der Waals surface area contributed by atoms with Crippen LogP contribution in [0, 0.1) is 0 Å². The van der Waals surface area contributed by atoms with Crippen molar-refractivity contribution in [2.75, 3.05) is 0 Å². The second-order valence-corrected chi connectivity index (χ2v) is 6.39. The van der Waals surface area contributed by atoms with Gasteiger partial charge in [-0.05, 0) is 6.07 Å². The molecule has 5 nitrogen and oxygen atoms in total. The first kappa shape index (κ1) is 13.9. The Morgan fingerprint density at radius 2 is 2.05 bits per heavy atom. The third-order valence-electron chi connectivity index (χ3n) is 2.15. The molecule has 2 aromatic rings. The van der Waals surface area contributed by atoms with E-state index in [1.165, 1.54) is 12.4 Å². The van der Waals surface area contributed by atoms with Crippen molar-refractivity contribution in [3.05, 3.63) is 35.6 Å². The van der Waals surface area contributed by atoms with Crippen molar-refractivity contribution in [1.82, 2.24) is 15.2 Å². The van der Waals surface area contributed by atoms with Gasteiger partial charge in [-0.25, -0.2) is 0 Å². The lowest BCUT2D eigenvalue weighted by molar-refractivity contribution is 0.450. The van der Waals surface area contributed by atoms with Crippen LogP contribution in [0.1, 0.15) is 13.8 Å². The molecule has 1 atom stereocenters. The minimum atomic E-state index is -1.16. The highest BCUT2D eigenvalue weighted by Crippen LogP contribution is 2.21. The minimum absolute atomic E-state index is 0.00167. The normalized spacial score (nSPS) is 12.4. The smallest absolute Gasteiger partial charge is 0.238 e. The highest BCUT2D eigenvalue weighted by atomic mass is 35.5. The first-order valence-electron chi connectivity index (χ1n) is 5.59. The van der Waals surface area contributed by atoms with Crippen LogP contribution in [0.3, 0.4) is 0 Å². The number of halogens is 1. The Hall–Kier alpha value is -1.53. The van der Waals surface area contributed by atoms with E-state index in [9.17, 15) is 4.21 Å². The lowest BCUT2D eigenvalue weighted by atomic mass is 10.4. The number of pyridine rings is 1. The molecule has 100 valence electrons.